The normalized spacial score (nSPS) is 12.4. The Morgan fingerprint density at radius 3 is 2.89 bits per heavy atom. The molecule has 0 radical (unpaired) electrons. The van der Waals surface area contributed by atoms with E-state index in [2.05, 4.69) is 9.97 Å². The number of rotatable bonds is 4. The topological polar surface area (TPSA) is 51.8 Å². The molecule has 0 fully saturated rings. The molecule has 94 valence electrons. The zero-order valence-electron chi connectivity index (χ0n) is 10.0. The fraction of sp³-hybridized carbons (Fsp3) is 0.231. The minimum absolute atomic E-state index is 0.0772. The maximum absolute atomic E-state index is 13.8. The Morgan fingerprint density at radius 1 is 1.39 bits per heavy atom. The largest absolute Gasteiger partial charge is 0.328 e. The molecule has 0 aliphatic carbocycles. The third-order valence-corrected chi connectivity index (χ3v) is 3.42. The summed E-state index contributed by atoms with van der Waals surface area (Å²) < 4.78 is 13.8. The molecule has 18 heavy (non-hydrogen) atoms. The predicted molar refractivity (Wildman–Crippen MR) is 69.9 cm³/mol. The van der Waals surface area contributed by atoms with Gasteiger partial charge in [-0.2, -0.15) is 0 Å². The Bertz CT molecular complexity index is 517. The summed E-state index contributed by atoms with van der Waals surface area (Å²) in [6.07, 6.45) is 3.66. The van der Waals surface area contributed by atoms with Crippen molar-refractivity contribution in [3.63, 3.8) is 0 Å². The van der Waals surface area contributed by atoms with Crippen molar-refractivity contribution in [2.24, 2.45) is 5.73 Å². The lowest BCUT2D eigenvalue weighted by Crippen LogP contribution is -2.19. The Hall–Kier alpha value is -1.46. The molecule has 3 nitrogen and oxygen atoms in total. The van der Waals surface area contributed by atoms with E-state index in [0.29, 0.717) is 12.0 Å². The first-order valence-corrected chi connectivity index (χ1v) is 6.45. The van der Waals surface area contributed by atoms with Gasteiger partial charge in [0.25, 0.3) is 0 Å². The molecule has 1 heterocycles. The van der Waals surface area contributed by atoms with Gasteiger partial charge in [0, 0.05) is 22.7 Å². The molecule has 0 saturated carbocycles. The molecule has 1 atom stereocenters. The van der Waals surface area contributed by atoms with E-state index in [-0.39, 0.29) is 11.9 Å². The zero-order valence-corrected chi connectivity index (χ0v) is 10.8. The van der Waals surface area contributed by atoms with Crippen molar-refractivity contribution in [1.29, 1.82) is 0 Å². The van der Waals surface area contributed by atoms with Crippen LogP contribution in [0.4, 0.5) is 4.39 Å². The molecule has 2 rings (SSSR count). The van der Waals surface area contributed by atoms with Crippen molar-refractivity contribution in [1.82, 2.24) is 9.97 Å². The second-order valence-corrected chi connectivity index (χ2v) is 5.11. The quantitative estimate of drug-likeness (QED) is 0.862. The lowest BCUT2D eigenvalue weighted by atomic mass is 10.1. The molecule has 1 aromatic carbocycles. The first-order valence-electron chi connectivity index (χ1n) is 5.63. The molecule has 0 spiro atoms. The molecular weight excluding hydrogens is 249 g/mol. The van der Waals surface area contributed by atoms with Gasteiger partial charge >= 0.3 is 0 Å². The predicted octanol–water partition coefficient (Wildman–Crippen LogP) is 2.66. The highest BCUT2D eigenvalue weighted by Crippen LogP contribution is 2.30. The molecular formula is C13H14FN3S. The smallest absolute Gasteiger partial charge is 0.127 e. The molecule has 2 N–H and O–H groups in total. The van der Waals surface area contributed by atoms with Crippen LogP contribution in [0, 0.1) is 5.82 Å². The lowest BCUT2D eigenvalue weighted by Gasteiger charge is -2.11. The van der Waals surface area contributed by atoms with E-state index in [9.17, 15) is 4.39 Å². The molecule has 1 unspecified atom stereocenters. The van der Waals surface area contributed by atoms with Crippen molar-refractivity contribution in [3.05, 3.63) is 48.2 Å². The third kappa shape index (κ3) is 3.27. The molecule has 0 saturated heterocycles. The Morgan fingerprint density at radius 2 is 2.22 bits per heavy atom. The van der Waals surface area contributed by atoms with Crippen LogP contribution in [0.2, 0.25) is 0 Å². The van der Waals surface area contributed by atoms with Crippen LogP contribution in [0.3, 0.4) is 0 Å². The summed E-state index contributed by atoms with van der Waals surface area (Å²) in [5.41, 5.74) is 6.40. The Kier molecular flexibility index (Phi) is 4.28. The monoisotopic (exact) mass is 263 g/mol. The number of aromatic nitrogens is 2. The van der Waals surface area contributed by atoms with Crippen LogP contribution < -0.4 is 5.73 Å². The van der Waals surface area contributed by atoms with Gasteiger partial charge in [0.05, 0.1) is 0 Å². The van der Waals surface area contributed by atoms with E-state index in [4.69, 9.17) is 5.73 Å². The zero-order chi connectivity index (χ0) is 13.0. The fourth-order valence-corrected chi connectivity index (χ4v) is 2.51. The summed E-state index contributed by atoms with van der Waals surface area (Å²) in [6.45, 7) is 1.87. The second-order valence-electron chi connectivity index (χ2n) is 4.05. The van der Waals surface area contributed by atoms with Crippen LogP contribution in [0.1, 0.15) is 12.5 Å². The SMILES string of the molecule is CC(N)Cc1c(F)cccc1Sc1ccncn1. The minimum atomic E-state index is -0.216. The van der Waals surface area contributed by atoms with Crippen LogP contribution in [0.5, 0.6) is 0 Å². The van der Waals surface area contributed by atoms with E-state index in [0.717, 1.165) is 9.92 Å². The third-order valence-electron chi connectivity index (χ3n) is 2.37. The molecule has 2 aromatic rings. The van der Waals surface area contributed by atoms with Crippen molar-refractivity contribution < 1.29 is 4.39 Å². The van der Waals surface area contributed by atoms with E-state index in [1.165, 1.54) is 24.2 Å². The number of nitrogens with zero attached hydrogens (tertiary/aromatic N) is 2. The van der Waals surface area contributed by atoms with Gasteiger partial charge in [-0.3, -0.25) is 0 Å². The Balaban J connectivity index is 2.30. The van der Waals surface area contributed by atoms with Crippen molar-refractivity contribution >= 4 is 11.8 Å². The van der Waals surface area contributed by atoms with Crippen LogP contribution in [0.15, 0.2) is 46.7 Å². The molecule has 5 heteroatoms. The molecule has 0 aliphatic heterocycles. The second kappa shape index (κ2) is 5.93. The standard InChI is InChI=1S/C13H14FN3S/c1-9(15)7-10-11(14)3-2-4-12(10)18-13-5-6-16-8-17-13/h2-6,8-9H,7,15H2,1H3. The summed E-state index contributed by atoms with van der Waals surface area (Å²) >= 11 is 1.42. The summed E-state index contributed by atoms with van der Waals surface area (Å²) in [4.78, 5) is 8.83. The summed E-state index contributed by atoms with van der Waals surface area (Å²) in [6, 6.07) is 6.76. The van der Waals surface area contributed by atoms with Crippen molar-refractivity contribution in [3.8, 4) is 0 Å². The van der Waals surface area contributed by atoms with E-state index >= 15 is 0 Å². The van der Waals surface area contributed by atoms with Gasteiger partial charge in [0.2, 0.25) is 0 Å². The highest BCUT2D eigenvalue weighted by Gasteiger charge is 2.11. The van der Waals surface area contributed by atoms with Gasteiger partial charge in [0.1, 0.15) is 17.2 Å². The highest BCUT2D eigenvalue weighted by atomic mass is 32.2. The van der Waals surface area contributed by atoms with Crippen molar-refractivity contribution in [2.75, 3.05) is 0 Å². The molecule has 0 bridgehead atoms. The summed E-state index contributed by atoms with van der Waals surface area (Å²) in [7, 11) is 0. The Labute approximate surface area is 110 Å². The number of benzene rings is 1. The maximum Gasteiger partial charge on any atom is 0.127 e. The average molecular weight is 263 g/mol. The summed E-state index contributed by atoms with van der Waals surface area (Å²) in [5, 5.41) is 0.793. The van der Waals surface area contributed by atoms with Gasteiger partial charge in [-0.05, 0) is 31.5 Å². The van der Waals surface area contributed by atoms with E-state index < -0.39 is 0 Å². The fourth-order valence-electron chi connectivity index (χ4n) is 1.61. The number of nitrogens with two attached hydrogens (primary N) is 1. The molecule has 1 aromatic heterocycles. The van der Waals surface area contributed by atoms with Crippen LogP contribution in [0.25, 0.3) is 0 Å². The number of hydrogen-bond donors (Lipinski definition) is 1. The van der Waals surface area contributed by atoms with Gasteiger partial charge < -0.3 is 5.73 Å². The first-order chi connectivity index (χ1) is 8.66. The van der Waals surface area contributed by atoms with Crippen LogP contribution in [-0.4, -0.2) is 16.0 Å². The number of halogens is 1. The van der Waals surface area contributed by atoms with Gasteiger partial charge in [-0.15, -0.1) is 0 Å². The molecule has 0 amide bonds. The van der Waals surface area contributed by atoms with E-state index in [1.807, 2.05) is 13.0 Å². The van der Waals surface area contributed by atoms with Gasteiger partial charge in [0.15, 0.2) is 0 Å². The lowest BCUT2D eigenvalue weighted by molar-refractivity contribution is 0.588. The maximum atomic E-state index is 13.8. The van der Waals surface area contributed by atoms with Gasteiger partial charge in [-0.25, -0.2) is 14.4 Å². The summed E-state index contributed by atoms with van der Waals surface area (Å²) in [5.74, 6) is -0.216. The van der Waals surface area contributed by atoms with Crippen LogP contribution >= 0.6 is 11.8 Å². The molecule has 0 aliphatic rings. The average Bonchev–Trinajstić information content (AvgIpc) is 2.34. The van der Waals surface area contributed by atoms with Crippen molar-refractivity contribution in [2.45, 2.75) is 29.3 Å². The highest BCUT2D eigenvalue weighted by molar-refractivity contribution is 7.99. The van der Waals surface area contributed by atoms with E-state index in [1.54, 1.807) is 18.3 Å². The van der Waals surface area contributed by atoms with Gasteiger partial charge in [-0.1, -0.05) is 17.8 Å². The van der Waals surface area contributed by atoms with Crippen LogP contribution in [-0.2, 0) is 6.42 Å². The first kappa shape index (κ1) is 13.0. The number of hydrogen-bond acceptors (Lipinski definition) is 4. The minimum Gasteiger partial charge on any atom is -0.328 e.